The quantitative estimate of drug-likeness (QED) is 0.524. The van der Waals surface area contributed by atoms with Gasteiger partial charge in [-0.1, -0.05) is 15.9 Å². The average Bonchev–Trinajstić information content (AvgIpc) is 2.13. The molecule has 1 fully saturated rings. The van der Waals surface area contributed by atoms with Crippen LogP contribution in [0.5, 0.6) is 0 Å². The number of hydrogen-bond donors (Lipinski definition) is 0. The van der Waals surface area contributed by atoms with Crippen LogP contribution in [0.1, 0.15) is 6.42 Å². The van der Waals surface area contributed by atoms with Crippen LogP contribution in [-0.2, 0) is 9.59 Å². The van der Waals surface area contributed by atoms with Crippen LogP contribution in [0.15, 0.2) is 0 Å². The summed E-state index contributed by atoms with van der Waals surface area (Å²) in [4.78, 5) is 25.7. The number of nitrogens with zero attached hydrogens (tertiary/aromatic N) is 2. The van der Waals surface area contributed by atoms with Crippen molar-refractivity contribution < 1.29 is 9.59 Å². The minimum atomic E-state index is -0.388. The molecule has 1 heterocycles. The molecular formula is C8H13BrN2O2. The first-order chi connectivity index (χ1) is 6.16. The van der Waals surface area contributed by atoms with Gasteiger partial charge < -0.3 is 9.80 Å². The maximum atomic E-state index is 11.4. The lowest BCUT2D eigenvalue weighted by atomic mass is 10.3. The second-order valence-electron chi connectivity index (χ2n) is 3.06. The molecule has 1 rings (SSSR count). The Kier molecular flexibility index (Phi) is 3.71. The number of halogens is 1. The lowest BCUT2D eigenvalue weighted by Gasteiger charge is -2.31. The molecule has 2 amide bonds. The summed E-state index contributed by atoms with van der Waals surface area (Å²) in [7, 11) is 1.65. The number of piperazine rings is 1. The Morgan fingerprint density at radius 3 is 2.62 bits per heavy atom. The van der Waals surface area contributed by atoms with Crippen molar-refractivity contribution in [1.29, 1.82) is 0 Å². The predicted octanol–water partition coefficient (Wildman–Crippen LogP) is 0.0720. The summed E-state index contributed by atoms with van der Waals surface area (Å²) in [5, 5.41) is 0.862. The molecule has 5 heteroatoms. The van der Waals surface area contributed by atoms with Gasteiger partial charge in [-0.15, -0.1) is 0 Å². The molecule has 0 aromatic heterocycles. The van der Waals surface area contributed by atoms with E-state index in [1.165, 1.54) is 4.90 Å². The van der Waals surface area contributed by atoms with Crippen molar-refractivity contribution in [3.63, 3.8) is 0 Å². The standard InChI is InChI=1S/C8H13BrN2O2/c1-10-5-6-11(4-2-3-9)8(13)7(10)12/h2-6H2,1H3. The lowest BCUT2D eigenvalue weighted by Crippen LogP contribution is -2.52. The zero-order valence-electron chi connectivity index (χ0n) is 7.62. The third-order valence-electron chi connectivity index (χ3n) is 2.08. The number of alkyl halides is 1. The molecule has 0 aromatic rings. The Bertz CT molecular complexity index is 218. The maximum absolute atomic E-state index is 11.4. The third-order valence-corrected chi connectivity index (χ3v) is 2.64. The SMILES string of the molecule is CN1CCN(CCCBr)C(=O)C1=O. The summed E-state index contributed by atoms with van der Waals surface area (Å²) in [6, 6.07) is 0. The van der Waals surface area contributed by atoms with Crippen molar-refractivity contribution in [2.45, 2.75) is 6.42 Å². The van der Waals surface area contributed by atoms with E-state index in [-0.39, 0.29) is 11.8 Å². The van der Waals surface area contributed by atoms with Gasteiger partial charge in [0.1, 0.15) is 0 Å². The number of carbonyl (C=O) groups is 2. The van der Waals surface area contributed by atoms with E-state index in [0.717, 1.165) is 11.8 Å². The summed E-state index contributed by atoms with van der Waals surface area (Å²) in [5.74, 6) is -0.754. The van der Waals surface area contributed by atoms with E-state index in [0.29, 0.717) is 19.6 Å². The molecule has 1 saturated heterocycles. The van der Waals surface area contributed by atoms with E-state index >= 15 is 0 Å². The Morgan fingerprint density at radius 2 is 2.00 bits per heavy atom. The molecule has 1 aliphatic rings. The van der Waals surface area contributed by atoms with Crippen LogP contribution in [0.2, 0.25) is 0 Å². The van der Waals surface area contributed by atoms with Crippen molar-refractivity contribution >= 4 is 27.7 Å². The first-order valence-electron chi connectivity index (χ1n) is 4.27. The minimum Gasteiger partial charge on any atom is -0.336 e. The van der Waals surface area contributed by atoms with Gasteiger partial charge in [0.15, 0.2) is 0 Å². The Labute approximate surface area is 86.0 Å². The smallest absolute Gasteiger partial charge is 0.312 e. The monoisotopic (exact) mass is 248 g/mol. The fraction of sp³-hybridized carbons (Fsp3) is 0.750. The lowest BCUT2D eigenvalue weighted by molar-refractivity contribution is -0.154. The molecule has 0 N–H and O–H groups in total. The van der Waals surface area contributed by atoms with Gasteiger partial charge in [-0.25, -0.2) is 0 Å². The highest BCUT2D eigenvalue weighted by Gasteiger charge is 2.29. The van der Waals surface area contributed by atoms with Gasteiger partial charge in [0, 0.05) is 32.0 Å². The van der Waals surface area contributed by atoms with E-state index in [9.17, 15) is 9.59 Å². The zero-order chi connectivity index (χ0) is 9.84. The van der Waals surface area contributed by atoms with Crippen LogP contribution in [0.3, 0.4) is 0 Å². The maximum Gasteiger partial charge on any atom is 0.312 e. The van der Waals surface area contributed by atoms with Crippen molar-refractivity contribution in [2.24, 2.45) is 0 Å². The largest absolute Gasteiger partial charge is 0.336 e. The van der Waals surface area contributed by atoms with Crippen molar-refractivity contribution in [3.8, 4) is 0 Å². The highest BCUT2D eigenvalue weighted by molar-refractivity contribution is 9.09. The highest BCUT2D eigenvalue weighted by Crippen LogP contribution is 2.04. The van der Waals surface area contributed by atoms with Gasteiger partial charge >= 0.3 is 11.8 Å². The number of amides is 2. The molecule has 0 atom stereocenters. The number of likely N-dealkylation sites (N-methyl/N-ethyl adjacent to an activating group) is 1. The van der Waals surface area contributed by atoms with Crippen LogP contribution >= 0.6 is 15.9 Å². The first-order valence-corrected chi connectivity index (χ1v) is 5.39. The summed E-state index contributed by atoms with van der Waals surface area (Å²) >= 11 is 3.29. The van der Waals surface area contributed by atoms with E-state index < -0.39 is 0 Å². The summed E-state index contributed by atoms with van der Waals surface area (Å²) < 4.78 is 0. The molecular weight excluding hydrogens is 236 g/mol. The molecule has 0 spiro atoms. The molecule has 0 bridgehead atoms. The Hall–Kier alpha value is -0.580. The van der Waals surface area contributed by atoms with Crippen LogP contribution in [0.4, 0.5) is 0 Å². The van der Waals surface area contributed by atoms with E-state index in [4.69, 9.17) is 0 Å². The van der Waals surface area contributed by atoms with Gasteiger partial charge in [-0.2, -0.15) is 0 Å². The van der Waals surface area contributed by atoms with Crippen molar-refractivity contribution in [2.75, 3.05) is 32.0 Å². The molecule has 0 aliphatic carbocycles. The molecule has 74 valence electrons. The normalized spacial score (nSPS) is 18.3. The number of carbonyl (C=O) groups excluding carboxylic acids is 2. The summed E-state index contributed by atoms with van der Waals surface area (Å²) in [5.41, 5.74) is 0. The van der Waals surface area contributed by atoms with Gasteiger partial charge in [0.2, 0.25) is 0 Å². The molecule has 0 unspecified atom stereocenters. The second kappa shape index (κ2) is 4.60. The highest BCUT2D eigenvalue weighted by atomic mass is 79.9. The van der Waals surface area contributed by atoms with Crippen LogP contribution < -0.4 is 0 Å². The Morgan fingerprint density at radius 1 is 1.31 bits per heavy atom. The number of hydrogen-bond acceptors (Lipinski definition) is 2. The van der Waals surface area contributed by atoms with Crippen molar-refractivity contribution in [1.82, 2.24) is 9.80 Å². The molecule has 1 aliphatic heterocycles. The third kappa shape index (κ3) is 2.43. The van der Waals surface area contributed by atoms with Gasteiger partial charge in [-0.3, -0.25) is 9.59 Å². The summed E-state index contributed by atoms with van der Waals surface area (Å²) in [6.07, 6.45) is 0.892. The Balaban J connectivity index is 2.49. The van der Waals surface area contributed by atoms with Gasteiger partial charge in [-0.05, 0) is 6.42 Å². The molecule has 13 heavy (non-hydrogen) atoms. The molecule has 0 aromatic carbocycles. The molecule has 0 saturated carbocycles. The van der Waals surface area contributed by atoms with Crippen LogP contribution in [-0.4, -0.2) is 53.6 Å². The molecule has 4 nitrogen and oxygen atoms in total. The fourth-order valence-corrected chi connectivity index (χ4v) is 1.49. The first kappa shape index (κ1) is 10.5. The fourth-order valence-electron chi connectivity index (χ4n) is 1.24. The van der Waals surface area contributed by atoms with Gasteiger partial charge in [0.05, 0.1) is 0 Å². The topological polar surface area (TPSA) is 40.6 Å². The van der Waals surface area contributed by atoms with Crippen LogP contribution in [0.25, 0.3) is 0 Å². The number of rotatable bonds is 3. The molecule has 0 radical (unpaired) electrons. The zero-order valence-corrected chi connectivity index (χ0v) is 9.21. The van der Waals surface area contributed by atoms with Crippen molar-refractivity contribution in [3.05, 3.63) is 0 Å². The van der Waals surface area contributed by atoms with Gasteiger partial charge in [0.25, 0.3) is 0 Å². The minimum absolute atomic E-state index is 0.366. The summed E-state index contributed by atoms with van der Waals surface area (Å²) in [6.45, 7) is 1.98. The average molecular weight is 249 g/mol. The second-order valence-corrected chi connectivity index (χ2v) is 3.85. The van der Waals surface area contributed by atoms with E-state index in [1.807, 2.05) is 0 Å². The van der Waals surface area contributed by atoms with Crippen LogP contribution in [0, 0.1) is 0 Å². The van der Waals surface area contributed by atoms with E-state index in [1.54, 1.807) is 11.9 Å². The van der Waals surface area contributed by atoms with E-state index in [2.05, 4.69) is 15.9 Å². The predicted molar refractivity (Wildman–Crippen MR) is 52.6 cm³/mol.